The van der Waals surface area contributed by atoms with Crippen LogP contribution < -0.4 is 0 Å². The van der Waals surface area contributed by atoms with Crippen LogP contribution in [0.4, 0.5) is 0 Å². The van der Waals surface area contributed by atoms with Crippen molar-refractivity contribution in [3.63, 3.8) is 0 Å². The zero-order valence-electron chi connectivity index (χ0n) is 9.63. The molecule has 16 heavy (non-hydrogen) atoms. The molecule has 0 bridgehead atoms. The van der Waals surface area contributed by atoms with Crippen molar-refractivity contribution in [1.29, 1.82) is 0 Å². The van der Waals surface area contributed by atoms with E-state index in [2.05, 4.69) is 31.0 Å². The third-order valence-corrected chi connectivity index (χ3v) is 2.66. The molecule has 1 unspecified atom stereocenters. The average Bonchev–Trinajstić information content (AvgIpc) is 2.79. The Morgan fingerprint density at radius 3 is 2.88 bits per heavy atom. The van der Waals surface area contributed by atoms with Crippen molar-refractivity contribution in [3.05, 3.63) is 54.1 Å². The quantitative estimate of drug-likeness (QED) is 0.785. The predicted molar refractivity (Wildman–Crippen MR) is 62.9 cm³/mol. The molecular weight excluding hydrogens is 200 g/mol. The molecule has 2 aromatic rings. The number of hydrogen-bond donors (Lipinski definition) is 0. The van der Waals surface area contributed by atoms with Crippen molar-refractivity contribution in [2.24, 2.45) is 0 Å². The maximum absolute atomic E-state index is 5.78. The maximum Gasteiger partial charge on any atom is 0.124 e. The molecule has 0 radical (unpaired) electrons. The Morgan fingerprint density at radius 2 is 2.19 bits per heavy atom. The minimum Gasteiger partial charge on any atom is -0.353 e. The SMILES string of the molecule is Cc1ccccc1C(C)OCn1ccnc1. The van der Waals surface area contributed by atoms with Gasteiger partial charge in [-0.05, 0) is 25.0 Å². The second-order valence-electron chi connectivity index (χ2n) is 3.87. The fraction of sp³-hybridized carbons (Fsp3) is 0.308. The Morgan fingerprint density at radius 1 is 1.38 bits per heavy atom. The molecule has 0 aliphatic rings. The molecule has 0 aliphatic heterocycles. The summed E-state index contributed by atoms with van der Waals surface area (Å²) in [6, 6.07) is 8.29. The van der Waals surface area contributed by atoms with Crippen molar-refractivity contribution in [1.82, 2.24) is 9.55 Å². The van der Waals surface area contributed by atoms with Gasteiger partial charge in [-0.2, -0.15) is 0 Å². The summed E-state index contributed by atoms with van der Waals surface area (Å²) >= 11 is 0. The summed E-state index contributed by atoms with van der Waals surface area (Å²) in [5, 5.41) is 0. The summed E-state index contributed by atoms with van der Waals surface area (Å²) in [6.45, 7) is 4.71. The molecule has 0 fully saturated rings. The summed E-state index contributed by atoms with van der Waals surface area (Å²) in [5.74, 6) is 0. The molecule has 0 N–H and O–H groups in total. The largest absolute Gasteiger partial charge is 0.353 e. The smallest absolute Gasteiger partial charge is 0.124 e. The summed E-state index contributed by atoms with van der Waals surface area (Å²) < 4.78 is 7.69. The van der Waals surface area contributed by atoms with Crippen molar-refractivity contribution in [2.75, 3.05) is 0 Å². The molecule has 3 heteroatoms. The third kappa shape index (κ3) is 2.49. The minimum atomic E-state index is 0.101. The summed E-state index contributed by atoms with van der Waals surface area (Å²) in [5.41, 5.74) is 2.50. The second kappa shape index (κ2) is 4.94. The van der Waals surface area contributed by atoms with Gasteiger partial charge in [0.1, 0.15) is 6.73 Å². The first-order valence-corrected chi connectivity index (χ1v) is 5.40. The highest BCUT2D eigenvalue weighted by Gasteiger charge is 2.07. The first-order valence-electron chi connectivity index (χ1n) is 5.40. The van der Waals surface area contributed by atoms with Crippen LogP contribution in [-0.2, 0) is 11.5 Å². The van der Waals surface area contributed by atoms with E-state index >= 15 is 0 Å². The number of aromatic nitrogens is 2. The van der Waals surface area contributed by atoms with Gasteiger partial charge in [-0.1, -0.05) is 24.3 Å². The molecule has 1 aromatic heterocycles. The van der Waals surface area contributed by atoms with Crippen molar-refractivity contribution in [3.8, 4) is 0 Å². The highest BCUT2D eigenvalue weighted by molar-refractivity contribution is 5.27. The first kappa shape index (κ1) is 10.9. The molecule has 0 saturated heterocycles. The number of aryl methyl sites for hydroxylation is 1. The number of imidazole rings is 1. The van der Waals surface area contributed by atoms with Crippen molar-refractivity contribution >= 4 is 0 Å². The zero-order chi connectivity index (χ0) is 11.4. The molecule has 84 valence electrons. The Hall–Kier alpha value is -1.61. The van der Waals surface area contributed by atoms with Gasteiger partial charge in [0.05, 0.1) is 12.4 Å². The van der Waals surface area contributed by atoms with Crippen LogP contribution in [0.3, 0.4) is 0 Å². The van der Waals surface area contributed by atoms with E-state index in [1.807, 2.05) is 22.9 Å². The van der Waals surface area contributed by atoms with Crippen LogP contribution in [0.2, 0.25) is 0 Å². The maximum atomic E-state index is 5.78. The van der Waals surface area contributed by atoms with E-state index < -0.39 is 0 Å². The van der Waals surface area contributed by atoms with Crippen LogP contribution in [0.15, 0.2) is 43.0 Å². The Labute approximate surface area is 95.7 Å². The molecule has 0 spiro atoms. The predicted octanol–water partition coefficient (Wildman–Crippen LogP) is 2.93. The number of hydrogen-bond acceptors (Lipinski definition) is 2. The van der Waals surface area contributed by atoms with Gasteiger partial charge in [-0.15, -0.1) is 0 Å². The number of benzene rings is 1. The molecule has 0 aliphatic carbocycles. The van der Waals surface area contributed by atoms with Gasteiger partial charge in [0.25, 0.3) is 0 Å². The molecule has 0 amide bonds. The highest BCUT2D eigenvalue weighted by atomic mass is 16.5. The number of rotatable bonds is 4. The van der Waals surface area contributed by atoms with Gasteiger partial charge in [-0.3, -0.25) is 0 Å². The molecule has 1 atom stereocenters. The van der Waals surface area contributed by atoms with Gasteiger partial charge in [-0.25, -0.2) is 4.98 Å². The molecule has 3 nitrogen and oxygen atoms in total. The standard InChI is InChI=1S/C13H16N2O/c1-11-5-3-4-6-13(11)12(2)16-10-15-8-7-14-9-15/h3-9,12H,10H2,1-2H3. The van der Waals surface area contributed by atoms with Crippen molar-refractivity contribution < 1.29 is 4.74 Å². The lowest BCUT2D eigenvalue weighted by molar-refractivity contribution is 0.0163. The van der Waals surface area contributed by atoms with Crippen molar-refractivity contribution in [2.45, 2.75) is 26.7 Å². The fourth-order valence-corrected chi connectivity index (χ4v) is 1.69. The van der Waals surface area contributed by atoms with E-state index in [4.69, 9.17) is 4.74 Å². The van der Waals surface area contributed by atoms with Gasteiger partial charge in [0.15, 0.2) is 0 Å². The zero-order valence-corrected chi connectivity index (χ0v) is 9.63. The minimum absolute atomic E-state index is 0.101. The normalized spacial score (nSPS) is 12.6. The lowest BCUT2D eigenvalue weighted by atomic mass is 10.1. The second-order valence-corrected chi connectivity index (χ2v) is 3.87. The van der Waals surface area contributed by atoms with Crippen LogP contribution in [0, 0.1) is 6.92 Å². The number of nitrogens with zero attached hydrogens (tertiary/aromatic N) is 2. The van der Waals surface area contributed by atoms with Crippen LogP contribution >= 0.6 is 0 Å². The molecule has 2 rings (SSSR count). The summed E-state index contributed by atoms with van der Waals surface area (Å²) in [6.07, 6.45) is 5.50. The number of ether oxygens (including phenoxy) is 1. The van der Waals surface area contributed by atoms with E-state index in [0.29, 0.717) is 6.73 Å². The van der Waals surface area contributed by atoms with E-state index in [9.17, 15) is 0 Å². The van der Waals surface area contributed by atoms with E-state index in [-0.39, 0.29) is 6.10 Å². The Balaban J connectivity index is 1.98. The summed E-state index contributed by atoms with van der Waals surface area (Å²) in [7, 11) is 0. The topological polar surface area (TPSA) is 27.1 Å². The van der Waals surface area contributed by atoms with E-state index in [0.717, 1.165) is 0 Å². The fourth-order valence-electron chi connectivity index (χ4n) is 1.69. The Kier molecular flexibility index (Phi) is 3.37. The lowest BCUT2D eigenvalue weighted by Gasteiger charge is -2.15. The highest BCUT2D eigenvalue weighted by Crippen LogP contribution is 2.20. The van der Waals surface area contributed by atoms with E-state index in [1.165, 1.54) is 11.1 Å². The Bertz CT molecular complexity index is 437. The van der Waals surface area contributed by atoms with Gasteiger partial charge < -0.3 is 9.30 Å². The molecule has 1 heterocycles. The lowest BCUT2D eigenvalue weighted by Crippen LogP contribution is -2.05. The average molecular weight is 216 g/mol. The molecule has 0 saturated carbocycles. The van der Waals surface area contributed by atoms with Crippen LogP contribution in [-0.4, -0.2) is 9.55 Å². The van der Waals surface area contributed by atoms with E-state index in [1.54, 1.807) is 12.5 Å². The van der Waals surface area contributed by atoms with Gasteiger partial charge >= 0.3 is 0 Å². The molecule has 1 aromatic carbocycles. The van der Waals surface area contributed by atoms with Crippen LogP contribution in [0.5, 0.6) is 0 Å². The monoisotopic (exact) mass is 216 g/mol. The van der Waals surface area contributed by atoms with Gasteiger partial charge in [0, 0.05) is 12.4 Å². The van der Waals surface area contributed by atoms with Gasteiger partial charge in [0.2, 0.25) is 0 Å². The first-order chi connectivity index (χ1) is 7.77. The molecular formula is C13H16N2O. The third-order valence-electron chi connectivity index (χ3n) is 2.66. The van der Waals surface area contributed by atoms with Crippen LogP contribution in [0.1, 0.15) is 24.2 Å². The summed E-state index contributed by atoms with van der Waals surface area (Å²) in [4.78, 5) is 3.97. The van der Waals surface area contributed by atoms with Crippen LogP contribution in [0.25, 0.3) is 0 Å².